The standard InChI is InChI=1S/C5H14N2O3/c1-7-10-5-3-8-2-4-9-6/h7H,2-6H2,1H3. The number of hydrogen-bond acceptors (Lipinski definition) is 5. The molecule has 0 spiro atoms. The predicted octanol–water partition coefficient (Wildman–Crippen LogP) is -0.956. The molecule has 0 unspecified atom stereocenters. The maximum absolute atomic E-state index is 5.01. The van der Waals surface area contributed by atoms with Crippen molar-refractivity contribution in [3.63, 3.8) is 0 Å². The number of nitrogens with one attached hydrogen (secondary N) is 1. The monoisotopic (exact) mass is 150 g/mol. The molecule has 0 aromatic heterocycles. The van der Waals surface area contributed by atoms with Crippen LogP contribution in [0.1, 0.15) is 0 Å². The summed E-state index contributed by atoms with van der Waals surface area (Å²) < 4.78 is 5.01. The highest BCUT2D eigenvalue weighted by atomic mass is 16.7. The van der Waals surface area contributed by atoms with Crippen molar-refractivity contribution in [3.8, 4) is 0 Å². The lowest BCUT2D eigenvalue weighted by Crippen LogP contribution is -2.15. The number of hydroxylamine groups is 1. The SMILES string of the molecule is CNOCCOCCON. The van der Waals surface area contributed by atoms with Gasteiger partial charge in [0.2, 0.25) is 0 Å². The minimum absolute atomic E-state index is 0.416. The van der Waals surface area contributed by atoms with E-state index < -0.39 is 0 Å². The molecule has 0 rings (SSSR count). The highest BCUT2D eigenvalue weighted by molar-refractivity contribution is 4.27. The molecule has 0 aliphatic heterocycles. The first kappa shape index (κ1) is 9.80. The van der Waals surface area contributed by atoms with Crippen LogP contribution in [-0.4, -0.2) is 33.5 Å². The van der Waals surface area contributed by atoms with E-state index in [0.717, 1.165) is 0 Å². The largest absolute Gasteiger partial charge is 0.377 e. The molecule has 0 radical (unpaired) electrons. The molecule has 10 heavy (non-hydrogen) atoms. The van der Waals surface area contributed by atoms with Gasteiger partial charge >= 0.3 is 0 Å². The zero-order chi connectivity index (χ0) is 7.66. The molecule has 5 heteroatoms. The Bertz CT molecular complexity index is 54.9. The minimum Gasteiger partial charge on any atom is -0.377 e. The Balaban J connectivity index is 2.65. The van der Waals surface area contributed by atoms with E-state index in [0.29, 0.717) is 26.4 Å². The fraction of sp³-hybridized carbons (Fsp3) is 1.00. The Morgan fingerprint density at radius 1 is 1.20 bits per heavy atom. The third-order valence-electron chi connectivity index (χ3n) is 0.820. The van der Waals surface area contributed by atoms with Gasteiger partial charge in [0, 0.05) is 7.05 Å². The normalized spacial score (nSPS) is 10.2. The van der Waals surface area contributed by atoms with Gasteiger partial charge in [0.15, 0.2) is 0 Å². The van der Waals surface area contributed by atoms with Gasteiger partial charge in [0.1, 0.15) is 0 Å². The maximum Gasteiger partial charge on any atom is 0.0915 e. The minimum atomic E-state index is 0.416. The van der Waals surface area contributed by atoms with Crippen LogP contribution < -0.4 is 11.4 Å². The zero-order valence-electron chi connectivity index (χ0n) is 6.13. The summed E-state index contributed by atoms with van der Waals surface area (Å²) in [6.07, 6.45) is 0. The number of hydrogen-bond donors (Lipinski definition) is 2. The first-order chi connectivity index (χ1) is 4.91. The van der Waals surface area contributed by atoms with Crippen LogP contribution in [-0.2, 0) is 14.4 Å². The fourth-order valence-electron chi connectivity index (χ4n) is 0.412. The van der Waals surface area contributed by atoms with E-state index in [1.807, 2.05) is 0 Å². The molecule has 0 fully saturated rings. The van der Waals surface area contributed by atoms with E-state index in [4.69, 9.17) is 15.5 Å². The van der Waals surface area contributed by atoms with Crippen LogP contribution in [0.5, 0.6) is 0 Å². The first-order valence-corrected chi connectivity index (χ1v) is 3.09. The van der Waals surface area contributed by atoms with E-state index in [1.165, 1.54) is 0 Å². The summed E-state index contributed by atoms with van der Waals surface area (Å²) in [4.78, 5) is 9.03. The van der Waals surface area contributed by atoms with E-state index in [2.05, 4.69) is 10.3 Å². The number of ether oxygens (including phenoxy) is 1. The summed E-state index contributed by atoms with van der Waals surface area (Å²) in [5, 5.41) is 0. The van der Waals surface area contributed by atoms with Gasteiger partial charge in [-0.3, -0.25) is 4.84 Å². The first-order valence-electron chi connectivity index (χ1n) is 3.09. The Morgan fingerprint density at radius 2 is 1.90 bits per heavy atom. The summed E-state index contributed by atoms with van der Waals surface area (Å²) in [6.45, 7) is 1.99. The molecule has 5 nitrogen and oxygen atoms in total. The van der Waals surface area contributed by atoms with E-state index in [9.17, 15) is 0 Å². The third kappa shape index (κ3) is 7.80. The van der Waals surface area contributed by atoms with Crippen LogP contribution in [0, 0.1) is 0 Å². The fourth-order valence-corrected chi connectivity index (χ4v) is 0.412. The van der Waals surface area contributed by atoms with Gasteiger partial charge in [-0.25, -0.2) is 11.4 Å². The third-order valence-corrected chi connectivity index (χ3v) is 0.820. The molecule has 3 N–H and O–H groups in total. The topological polar surface area (TPSA) is 65.7 Å². The zero-order valence-corrected chi connectivity index (χ0v) is 6.13. The average Bonchev–Trinajstić information content (AvgIpc) is 1.97. The Labute approximate surface area is 60.3 Å². The van der Waals surface area contributed by atoms with Gasteiger partial charge in [-0.2, -0.15) is 0 Å². The molecule has 0 aliphatic carbocycles. The Kier molecular flexibility index (Phi) is 8.62. The van der Waals surface area contributed by atoms with Crippen molar-refractivity contribution < 1.29 is 14.4 Å². The van der Waals surface area contributed by atoms with Crippen LogP contribution >= 0.6 is 0 Å². The Hall–Kier alpha value is -0.200. The molecule has 62 valence electrons. The molecular weight excluding hydrogens is 136 g/mol. The summed E-state index contributed by atoms with van der Waals surface area (Å²) in [6, 6.07) is 0. The molecule has 0 aromatic rings. The molecule has 0 saturated carbocycles. The van der Waals surface area contributed by atoms with E-state index in [-0.39, 0.29) is 0 Å². The number of rotatable bonds is 7. The molecule has 0 bridgehead atoms. The van der Waals surface area contributed by atoms with Gasteiger partial charge in [-0.15, -0.1) is 0 Å². The predicted molar refractivity (Wildman–Crippen MR) is 36.0 cm³/mol. The van der Waals surface area contributed by atoms with Crippen molar-refractivity contribution in [2.75, 3.05) is 33.5 Å². The van der Waals surface area contributed by atoms with Gasteiger partial charge < -0.3 is 9.57 Å². The van der Waals surface area contributed by atoms with Gasteiger partial charge in [0.25, 0.3) is 0 Å². The van der Waals surface area contributed by atoms with Crippen LogP contribution in [0.2, 0.25) is 0 Å². The lowest BCUT2D eigenvalue weighted by molar-refractivity contribution is -0.0113. The van der Waals surface area contributed by atoms with Crippen molar-refractivity contribution >= 4 is 0 Å². The molecule has 0 saturated heterocycles. The van der Waals surface area contributed by atoms with Gasteiger partial charge in [-0.05, 0) is 0 Å². The van der Waals surface area contributed by atoms with Crippen LogP contribution in [0.4, 0.5) is 0 Å². The number of nitrogens with two attached hydrogens (primary N) is 1. The van der Waals surface area contributed by atoms with E-state index in [1.54, 1.807) is 7.05 Å². The van der Waals surface area contributed by atoms with Crippen molar-refractivity contribution in [3.05, 3.63) is 0 Å². The highest BCUT2D eigenvalue weighted by Crippen LogP contribution is 1.74. The van der Waals surface area contributed by atoms with E-state index >= 15 is 0 Å². The molecule has 0 aliphatic rings. The second kappa shape index (κ2) is 8.80. The smallest absolute Gasteiger partial charge is 0.0915 e. The molecule has 0 atom stereocenters. The Morgan fingerprint density at radius 3 is 2.50 bits per heavy atom. The van der Waals surface area contributed by atoms with Crippen LogP contribution in [0.15, 0.2) is 0 Å². The quantitative estimate of drug-likeness (QED) is 0.361. The van der Waals surface area contributed by atoms with Crippen LogP contribution in [0.25, 0.3) is 0 Å². The average molecular weight is 150 g/mol. The van der Waals surface area contributed by atoms with Crippen molar-refractivity contribution in [2.24, 2.45) is 5.90 Å². The molecule has 0 aromatic carbocycles. The second-order valence-corrected chi connectivity index (χ2v) is 1.54. The molecule has 0 heterocycles. The summed E-state index contributed by atoms with van der Waals surface area (Å²) in [5.41, 5.74) is 2.52. The maximum atomic E-state index is 5.01. The van der Waals surface area contributed by atoms with Gasteiger partial charge in [-0.1, -0.05) is 0 Å². The van der Waals surface area contributed by atoms with Gasteiger partial charge in [0.05, 0.1) is 26.4 Å². The lowest BCUT2D eigenvalue weighted by atomic mass is 10.7. The van der Waals surface area contributed by atoms with Crippen molar-refractivity contribution in [2.45, 2.75) is 0 Å². The summed E-state index contributed by atoms with van der Waals surface area (Å²) >= 11 is 0. The molecular formula is C5H14N2O3. The highest BCUT2D eigenvalue weighted by Gasteiger charge is 1.86. The van der Waals surface area contributed by atoms with Crippen molar-refractivity contribution in [1.82, 2.24) is 5.48 Å². The molecule has 0 amide bonds. The second-order valence-electron chi connectivity index (χ2n) is 1.54. The van der Waals surface area contributed by atoms with Crippen LogP contribution in [0.3, 0.4) is 0 Å². The van der Waals surface area contributed by atoms with Crippen molar-refractivity contribution in [1.29, 1.82) is 0 Å². The summed E-state index contributed by atoms with van der Waals surface area (Å²) in [7, 11) is 1.70. The lowest BCUT2D eigenvalue weighted by Gasteiger charge is -2.02. The summed E-state index contributed by atoms with van der Waals surface area (Å²) in [5.74, 6) is 4.75.